The Labute approximate surface area is 212 Å². The van der Waals surface area contributed by atoms with Crippen molar-refractivity contribution in [3.63, 3.8) is 0 Å². The summed E-state index contributed by atoms with van der Waals surface area (Å²) >= 11 is 14.4. The average Bonchev–Trinajstić information content (AvgIpc) is 3.57. The second kappa shape index (κ2) is 9.61. The van der Waals surface area contributed by atoms with Gasteiger partial charge in [0.1, 0.15) is 12.3 Å². The van der Waals surface area contributed by atoms with E-state index in [2.05, 4.69) is 11.4 Å². The van der Waals surface area contributed by atoms with Crippen LogP contribution in [-0.4, -0.2) is 47.9 Å². The molecule has 176 valence electrons. The lowest BCUT2D eigenvalue weighted by atomic mass is 9.93. The molecule has 0 bridgehead atoms. The van der Waals surface area contributed by atoms with Crippen LogP contribution < -0.4 is 4.74 Å². The number of fused-ring (bicyclic) bond motifs is 1. The Bertz CT molecular complexity index is 1240. The molecule has 0 N–H and O–H groups in total. The number of hydrogen-bond acceptors (Lipinski definition) is 4. The summed E-state index contributed by atoms with van der Waals surface area (Å²) in [6.07, 6.45) is 2.58. The van der Waals surface area contributed by atoms with Crippen molar-refractivity contribution in [1.29, 1.82) is 0 Å². The highest BCUT2D eigenvalue weighted by Gasteiger charge is 2.39. The lowest BCUT2D eigenvalue weighted by Crippen LogP contribution is -2.47. The third-order valence-corrected chi connectivity index (χ3v) is 7.99. The monoisotopic (exact) mass is 514 g/mol. The van der Waals surface area contributed by atoms with E-state index in [-0.39, 0.29) is 30.4 Å². The van der Waals surface area contributed by atoms with Gasteiger partial charge in [-0.3, -0.25) is 9.59 Å². The van der Waals surface area contributed by atoms with Crippen molar-refractivity contribution in [2.75, 3.05) is 20.2 Å². The van der Waals surface area contributed by atoms with Crippen LogP contribution in [0.3, 0.4) is 0 Å². The molecule has 1 atom stereocenters. The van der Waals surface area contributed by atoms with Gasteiger partial charge in [-0.1, -0.05) is 41.4 Å². The van der Waals surface area contributed by atoms with Crippen LogP contribution in [0.1, 0.15) is 45.2 Å². The molecule has 1 unspecified atom stereocenters. The second-order valence-electron chi connectivity index (χ2n) is 8.57. The number of thiophene rings is 1. The van der Waals surface area contributed by atoms with Gasteiger partial charge in [-0.05, 0) is 66.1 Å². The van der Waals surface area contributed by atoms with E-state index in [0.29, 0.717) is 27.9 Å². The van der Waals surface area contributed by atoms with Crippen LogP contribution in [-0.2, 0) is 11.2 Å². The molecule has 0 radical (unpaired) electrons. The van der Waals surface area contributed by atoms with Crippen molar-refractivity contribution in [2.45, 2.75) is 31.3 Å². The number of ether oxygens (including phenoxy) is 1. The number of halogens is 2. The van der Waals surface area contributed by atoms with Crippen LogP contribution in [0.15, 0.2) is 53.9 Å². The standard InChI is InChI=1S/C26H24Cl2N2O3S/c1-33-22-5-3-2-4-19(22)26(32)30(17-7-8-17)15-24(31)29-12-10-23-20(11-13-34-23)25(29)18-9-6-16(27)14-21(18)28/h2-6,9,11,13-14,17,25H,7-8,10,12,15H2,1H3. The molecule has 8 heteroatoms. The highest BCUT2D eigenvalue weighted by molar-refractivity contribution is 7.10. The van der Waals surface area contributed by atoms with Crippen molar-refractivity contribution in [1.82, 2.24) is 9.80 Å². The van der Waals surface area contributed by atoms with Gasteiger partial charge in [-0.2, -0.15) is 0 Å². The van der Waals surface area contributed by atoms with Crippen LogP contribution >= 0.6 is 34.5 Å². The van der Waals surface area contributed by atoms with Gasteiger partial charge in [0.15, 0.2) is 0 Å². The molecule has 1 aliphatic carbocycles. The summed E-state index contributed by atoms with van der Waals surface area (Å²) < 4.78 is 5.40. The first-order valence-corrected chi connectivity index (χ1v) is 12.9. The first-order valence-electron chi connectivity index (χ1n) is 11.2. The quantitative estimate of drug-likeness (QED) is 0.414. The van der Waals surface area contributed by atoms with Gasteiger partial charge >= 0.3 is 0 Å². The number of carbonyl (C=O) groups is 2. The fraction of sp³-hybridized carbons (Fsp3) is 0.308. The van der Waals surface area contributed by atoms with E-state index in [4.69, 9.17) is 27.9 Å². The largest absolute Gasteiger partial charge is 0.496 e. The van der Waals surface area contributed by atoms with Crippen molar-refractivity contribution >= 4 is 46.4 Å². The normalized spacial score (nSPS) is 17.3. The molecule has 2 aromatic carbocycles. The lowest BCUT2D eigenvalue weighted by molar-refractivity contribution is -0.134. The van der Waals surface area contributed by atoms with Gasteiger partial charge in [0.25, 0.3) is 5.91 Å². The van der Waals surface area contributed by atoms with Crippen LogP contribution in [0, 0.1) is 0 Å². The van der Waals surface area contributed by atoms with E-state index in [9.17, 15) is 9.59 Å². The molecule has 2 heterocycles. The summed E-state index contributed by atoms with van der Waals surface area (Å²) in [4.78, 5) is 32.0. The summed E-state index contributed by atoms with van der Waals surface area (Å²) in [6.45, 7) is 0.583. The summed E-state index contributed by atoms with van der Waals surface area (Å²) in [5.41, 5.74) is 2.40. The minimum atomic E-state index is -0.310. The molecule has 0 saturated heterocycles. The number of benzene rings is 2. The van der Waals surface area contributed by atoms with Crippen LogP contribution in [0.5, 0.6) is 5.75 Å². The number of para-hydroxylation sites is 1. The van der Waals surface area contributed by atoms with E-state index in [1.54, 1.807) is 47.6 Å². The fourth-order valence-electron chi connectivity index (χ4n) is 4.61. The molecule has 0 spiro atoms. The zero-order valence-electron chi connectivity index (χ0n) is 18.7. The summed E-state index contributed by atoms with van der Waals surface area (Å²) in [5, 5.41) is 3.13. The van der Waals surface area contributed by atoms with Crippen molar-refractivity contribution < 1.29 is 14.3 Å². The van der Waals surface area contributed by atoms with Gasteiger partial charge in [0.2, 0.25) is 5.91 Å². The molecular weight excluding hydrogens is 491 g/mol. The molecule has 5 rings (SSSR count). The number of carbonyl (C=O) groups excluding carboxylic acids is 2. The zero-order chi connectivity index (χ0) is 23.8. The Morgan fingerprint density at radius 3 is 2.65 bits per heavy atom. The maximum absolute atomic E-state index is 13.8. The molecular formula is C26H24Cl2N2O3S. The Balaban J connectivity index is 1.46. The van der Waals surface area contributed by atoms with E-state index >= 15 is 0 Å². The number of methoxy groups -OCH3 is 1. The predicted molar refractivity (Wildman–Crippen MR) is 135 cm³/mol. The lowest BCUT2D eigenvalue weighted by Gasteiger charge is -2.38. The Hall–Kier alpha value is -2.54. The number of rotatable bonds is 6. The highest BCUT2D eigenvalue weighted by atomic mass is 35.5. The first kappa shape index (κ1) is 23.2. The molecule has 1 aromatic heterocycles. The maximum atomic E-state index is 13.8. The number of amides is 2. The van der Waals surface area contributed by atoms with Crippen molar-refractivity contribution in [2.24, 2.45) is 0 Å². The Morgan fingerprint density at radius 1 is 1.12 bits per heavy atom. The highest BCUT2D eigenvalue weighted by Crippen LogP contribution is 2.41. The van der Waals surface area contributed by atoms with Crippen molar-refractivity contribution in [3.05, 3.63) is 85.5 Å². The Morgan fingerprint density at radius 2 is 1.91 bits per heavy atom. The maximum Gasteiger partial charge on any atom is 0.258 e. The van der Waals surface area contributed by atoms with Crippen molar-refractivity contribution in [3.8, 4) is 5.75 Å². The van der Waals surface area contributed by atoms with Gasteiger partial charge in [-0.25, -0.2) is 0 Å². The van der Waals surface area contributed by atoms with Crippen LogP contribution in [0.25, 0.3) is 0 Å². The van der Waals surface area contributed by atoms with E-state index < -0.39 is 0 Å². The van der Waals surface area contributed by atoms with Gasteiger partial charge in [-0.15, -0.1) is 11.3 Å². The minimum Gasteiger partial charge on any atom is -0.496 e. The molecule has 34 heavy (non-hydrogen) atoms. The van der Waals surface area contributed by atoms with Gasteiger partial charge < -0.3 is 14.5 Å². The van der Waals surface area contributed by atoms with Crippen LogP contribution in [0.4, 0.5) is 0 Å². The molecule has 2 amide bonds. The SMILES string of the molecule is COc1ccccc1C(=O)N(CC(=O)N1CCc2sccc2C1c1ccc(Cl)cc1Cl)C1CC1. The number of hydrogen-bond donors (Lipinski definition) is 0. The predicted octanol–water partition coefficient (Wildman–Crippen LogP) is 5.84. The Kier molecular flexibility index (Phi) is 6.56. The van der Waals surface area contributed by atoms with Gasteiger partial charge in [0.05, 0.1) is 18.7 Å². The molecule has 5 nitrogen and oxygen atoms in total. The molecule has 2 aliphatic rings. The molecule has 1 aliphatic heterocycles. The number of nitrogens with zero attached hydrogens (tertiary/aromatic N) is 2. The third-order valence-electron chi connectivity index (χ3n) is 6.43. The zero-order valence-corrected chi connectivity index (χ0v) is 21.0. The van der Waals surface area contributed by atoms with E-state index in [1.165, 1.54) is 4.88 Å². The molecule has 1 fully saturated rings. The third kappa shape index (κ3) is 4.42. The smallest absolute Gasteiger partial charge is 0.258 e. The fourth-order valence-corrected chi connectivity index (χ4v) is 6.02. The minimum absolute atomic E-state index is 0.0166. The molecule has 1 saturated carbocycles. The summed E-state index contributed by atoms with van der Waals surface area (Å²) in [7, 11) is 1.55. The van der Waals surface area contributed by atoms with Gasteiger partial charge in [0, 0.05) is 27.5 Å². The summed E-state index contributed by atoms with van der Waals surface area (Å²) in [6, 6.07) is 14.4. The topological polar surface area (TPSA) is 49.9 Å². The summed E-state index contributed by atoms with van der Waals surface area (Å²) in [5.74, 6) is 0.239. The second-order valence-corrected chi connectivity index (χ2v) is 10.4. The van der Waals surface area contributed by atoms with E-state index in [0.717, 1.165) is 30.4 Å². The molecule has 3 aromatic rings. The van der Waals surface area contributed by atoms with Crippen LogP contribution in [0.2, 0.25) is 10.0 Å². The first-order chi connectivity index (χ1) is 16.5. The van der Waals surface area contributed by atoms with E-state index in [1.807, 2.05) is 23.1 Å². The average molecular weight is 515 g/mol.